The lowest BCUT2D eigenvalue weighted by Crippen LogP contribution is -2.52. The molecule has 21 heteroatoms. The zero-order valence-corrected chi connectivity index (χ0v) is 48.1. The zero-order valence-electron chi connectivity index (χ0n) is 48.1. The molecule has 0 radical (unpaired) electrons. The second-order valence-electron chi connectivity index (χ2n) is 25.2. The van der Waals surface area contributed by atoms with Crippen LogP contribution in [0.1, 0.15) is 108 Å². The summed E-state index contributed by atoms with van der Waals surface area (Å²) >= 11 is 0. The highest BCUT2D eigenvalue weighted by atomic mass is 19.1. The van der Waals surface area contributed by atoms with E-state index in [2.05, 4.69) is 117 Å². The van der Waals surface area contributed by atoms with Gasteiger partial charge in [0, 0.05) is 100 Å². The van der Waals surface area contributed by atoms with Gasteiger partial charge in [-0.15, -0.1) is 0 Å². The monoisotopic (exact) mass is 1130 g/mol. The number of aromatic nitrogens is 12. The van der Waals surface area contributed by atoms with Gasteiger partial charge in [0.05, 0.1) is 17.1 Å². The Bertz CT molecular complexity index is 3490. The number of piperidine rings is 3. The summed E-state index contributed by atoms with van der Waals surface area (Å²) in [5.74, 6) is 1.98. The van der Waals surface area contributed by atoms with Crippen LogP contribution in [0, 0.1) is 40.1 Å². The van der Waals surface area contributed by atoms with Crippen LogP contribution in [0.4, 0.5) is 30.6 Å². The topological polar surface area (TPSA) is 251 Å². The molecule has 82 heavy (non-hydrogen) atoms. The van der Waals surface area contributed by atoms with E-state index in [1.54, 1.807) is 42.9 Å². The van der Waals surface area contributed by atoms with E-state index in [1.165, 1.54) is 18.2 Å². The molecule has 0 aromatic carbocycles. The van der Waals surface area contributed by atoms with Crippen molar-refractivity contribution in [2.75, 3.05) is 54.0 Å². The number of hydrogen-bond acceptors (Lipinski definition) is 15. The third-order valence-corrected chi connectivity index (χ3v) is 15.7. The molecule has 9 aromatic rings. The van der Waals surface area contributed by atoms with Crippen molar-refractivity contribution in [2.24, 2.45) is 39.9 Å². The number of anilines is 3. The minimum atomic E-state index is -0.388. The molecule has 9 aromatic heterocycles. The lowest BCUT2D eigenvalue weighted by molar-refractivity contribution is 0.259. The van der Waals surface area contributed by atoms with Crippen LogP contribution >= 0.6 is 0 Å². The minimum Gasteiger partial charge on any atom is -0.356 e. The number of aromatic amines is 3. The van der Waals surface area contributed by atoms with Crippen LogP contribution in [0.15, 0.2) is 91.4 Å². The standard InChI is InChI=1S/2C22H29FN6.C17H19FN6.6H2/c2*1-22(2,3)12-17(24)14-6-5-11-29(13-14)18-9-8-16(23)20(26-18)19-15-7-4-10-25-21(15)28-27-19;1-17(19)7-3-9-24(10-17)13-6-5-12(18)15(21-13)14-11-4-2-8-20-16(11)23-22-14;;;;;;/h2*4,7-10,14,17H,5-6,11-13,24H2,1-3H3,(H,25,27,28);2,4-6,8H,3,7,9-10,19H2,1H3,(H,20,22,23);6*1H. The molecule has 3 fully saturated rings. The fourth-order valence-electron chi connectivity index (χ4n) is 11.8. The van der Waals surface area contributed by atoms with Crippen LogP contribution in [0.5, 0.6) is 0 Å². The molecule has 9 N–H and O–H groups in total. The lowest BCUT2D eigenvalue weighted by Gasteiger charge is -2.38. The van der Waals surface area contributed by atoms with Gasteiger partial charge in [-0.1, -0.05) is 41.5 Å². The maximum atomic E-state index is 14.6. The zero-order chi connectivity index (χ0) is 57.9. The van der Waals surface area contributed by atoms with Crippen molar-refractivity contribution in [2.45, 2.75) is 117 Å². The van der Waals surface area contributed by atoms with Gasteiger partial charge in [0.1, 0.15) is 34.5 Å². The van der Waals surface area contributed by atoms with Crippen molar-refractivity contribution in [1.82, 2.24) is 60.5 Å². The largest absolute Gasteiger partial charge is 0.356 e. The first-order chi connectivity index (χ1) is 39.2. The Morgan fingerprint density at radius 2 is 0.902 bits per heavy atom. The molecule has 444 valence electrons. The number of pyridine rings is 6. The van der Waals surface area contributed by atoms with E-state index < -0.39 is 0 Å². The summed E-state index contributed by atoms with van der Waals surface area (Å²) in [6.07, 6.45) is 13.3. The summed E-state index contributed by atoms with van der Waals surface area (Å²) in [5, 5.41) is 23.4. The maximum absolute atomic E-state index is 14.6. The molecule has 12 rings (SSSR count). The van der Waals surface area contributed by atoms with Crippen LogP contribution in [0.2, 0.25) is 0 Å². The number of nitrogens with zero attached hydrogens (tertiary/aromatic N) is 12. The molecule has 3 aliphatic rings. The Balaban J connectivity index is 0.000000274. The van der Waals surface area contributed by atoms with E-state index in [9.17, 15) is 13.2 Å². The van der Waals surface area contributed by atoms with Crippen molar-refractivity contribution < 1.29 is 21.7 Å². The van der Waals surface area contributed by atoms with Crippen LogP contribution in [0.25, 0.3) is 67.3 Å². The molecule has 0 saturated carbocycles. The Kier molecular flexibility index (Phi) is 16.9. The highest BCUT2D eigenvalue weighted by Crippen LogP contribution is 2.35. The van der Waals surface area contributed by atoms with E-state index in [0.29, 0.717) is 52.4 Å². The molecule has 18 nitrogen and oxygen atoms in total. The Morgan fingerprint density at radius 3 is 1.26 bits per heavy atom. The minimum absolute atomic E-state index is 0. The quantitative estimate of drug-likeness (QED) is 0.0745. The van der Waals surface area contributed by atoms with E-state index in [1.807, 2.05) is 37.3 Å². The maximum Gasteiger partial charge on any atom is 0.181 e. The summed E-state index contributed by atoms with van der Waals surface area (Å²) in [6, 6.07) is 21.0. The molecule has 3 aliphatic heterocycles. The van der Waals surface area contributed by atoms with Gasteiger partial charge < -0.3 is 31.9 Å². The average molecular weight is 1130 g/mol. The van der Waals surface area contributed by atoms with Gasteiger partial charge in [-0.05, 0) is 154 Å². The predicted molar refractivity (Wildman–Crippen MR) is 332 cm³/mol. The number of halogens is 3. The second kappa shape index (κ2) is 24.1. The van der Waals surface area contributed by atoms with Gasteiger partial charge in [-0.25, -0.2) is 43.1 Å². The van der Waals surface area contributed by atoms with E-state index >= 15 is 0 Å². The molecule has 0 aliphatic carbocycles. The first-order valence-electron chi connectivity index (χ1n) is 28.6. The summed E-state index contributed by atoms with van der Waals surface area (Å²) in [5.41, 5.74) is 23.7. The number of hydrogen-bond donors (Lipinski definition) is 6. The van der Waals surface area contributed by atoms with Gasteiger partial charge in [-0.2, -0.15) is 15.3 Å². The smallest absolute Gasteiger partial charge is 0.181 e. The van der Waals surface area contributed by atoms with Gasteiger partial charge in [0.15, 0.2) is 34.4 Å². The Labute approximate surface area is 485 Å². The molecule has 3 saturated heterocycles. The van der Waals surface area contributed by atoms with Crippen molar-refractivity contribution >= 4 is 50.6 Å². The molecule has 5 unspecified atom stereocenters. The van der Waals surface area contributed by atoms with Gasteiger partial charge in [-0.3, -0.25) is 15.3 Å². The van der Waals surface area contributed by atoms with Crippen molar-refractivity contribution in [1.29, 1.82) is 0 Å². The molecular formula is C61H89F3N18. The van der Waals surface area contributed by atoms with Crippen molar-refractivity contribution in [3.63, 3.8) is 0 Å². The molecule has 12 heterocycles. The van der Waals surface area contributed by atoms with Gasteiger partial charge >= 0.3 is 0 Å². The van der Waals surface area contributed by atoms with E-state index in [4.69, 9.17) is 17.2 Å². The number of H-pyrrole nitrogens is 3. The third-order valence-electron chi connectivity index (χ3n) is 15.7. The SMILES string of the molecule is CC(C)(C)CC(N)C1CCCN(c2ccc(F)c(-c3[nH]nc4ncccc34)n2)C1.CC(C)(C)CC(N)C1CCCN(c2ccc(F)c(-c3[nH]nc4ncccc34)n2)C1.CC1(N)CCCN(c2ccc(F)c(-c3[nH]nc4ncccc34)n2)C1.[HH].[HH].[HH].[HH].[HH].[HH]. The summed E-state index contributed by atoms with van der Waals surface area (Å²) in [7, 11) is 0. The van der Waals surface area contributed by atoms with Crippen molar-refractivity contribution in [3.8, 4) is 34.2 Å². The first-order valence-corrected chi connectivity index (χ1v) is 28.6. The fourth-order valence-corrected chi connectivity index (χ4v) is 11.8. The van der Waals surface area contributed by atoms with E-state index in [-0.39, 0.29) is 71.5 Å². The normalized spacial score (nSPS) is 19.6. The fraction of sp³-hybridized carbons (Fsp3) is 0.459. The van der Waals surface area contributed by atoms with Crippen LogP contribution in [-0.2, 0) is 0 Å². The number of nitrogens with one attached hydrogen (secondary N) is 3. The second-order valence-corrected chi connectivity index (χ2v) is 25.2. The molecular weight excluding hydrogens is 1040 g/mol. The van der Waals surface area contributed by atoms with Crippen molar-refractivity contribution in [3.05, 3.63) is 109 Å². The summed E-state index contributed by atoms with van der Waals surface area (Å²) in [4.78, 5) is 33.1. The van der Waals surface area contributed by atoms with Crippen LogP contribution < -0.4 is 31.9 Å². The summed E-state index contributed by atoms with van der Waals surface area (Å²) in [6.45, 7) is 20.5. The number of rotatable bonds is 10. The van der Waals surface area contributed by atoms with E-state index in [0.717, 1.165) is 118 Å². The van der Waals surface area contributed by atoms with Crippen LogP contribution in [0.3, 0.4) is 0 Å². The molecule has 5 atom stereocenters. The third kappa shape index (κ3) is 13.5. The Morgan fingerprint density at radius 1 is 0.549 bits per heavy atom. The molecule has 0 spiro atoms. The lowest BCUT2D eigenvalue weighted by atomic mass is 9.80. The average Bonchev–Trinajstić information content (AvgIpc) is 2.88. The first kappa shape index (κ1) is 57.6. The number of nitrogens with two attached hydrogens (primary N) is 3. The van der Waals surface area contributed by atoms with Crippen LogP contribution in [-0.4, -0.2) is 117 Å². The highest BCUT2D eigenvalue weighted by Gasteiger charge is 2.32. The molecule has 0 bridgehead atoms. The molecule has 0 amide bonds. The summed E-state index contributed by atoms with van der Waals surface area (Å²) < 4.78 is 43.7. The Hall–Kier alpha value is -7.62. The predicted octanol–water partition coefficient (Wildman–Crippen LogP) is 12.2. The highest BCUT2D eigenvalue weighted by molar-refractivity contribution is 5.91. The number of fused-ring (bicyclic) bond motifs is 3. The van der Waals surface area contributed by atoms with Gasteiger partial charge in [0.25, 0.3) is 0 Å². The van der Waals surface area contributed by atoms with Gasteiger partial charge in [0.2, 0.25) is 0 Å².